The molecule has 2 atom stereocenters. The zero-order chi connectivity index (χ0) is 23.2. The molecule has 7 rings (SSSR count). The number of thiophene rings is 1. The lowest BCUT2D eigenvalue weighted by molar-refractivity contribution is -0.958. The molecule has 6 heterocycles. The maximum Gasteiger partial charge on any atom is 0.332 e. The van der Waals surface area contributed by atoms with Crippen molar-refractivity contribution in [2.24, 2.45) is 5.92 Å². The molecule has 4 aliphatic heterocycles. The fraction of sp³-hybridized carbons (Fsp3) is 0.556. The van der Waals surface area contributed by atoms with Crippen molar-refractivity contribution in [3.63, 3.8) is 0 Å². The fourth-order valence-electron chi connectivity index (χ4n) is 6.39. The Morgan fingerprint density at radius 3 is 2.63 bits per heavy atom. The molecule has 188 valence electrons. The van der Waals surface area contributed by atoms with Gasteiger partial charge in [0.05, 0.1) is 23.3 Å². The highest BCUT2D eigenvalue weighted by molar-refractivity contribution is 7.18. The average molecular weight is 577 g/mol. The smallest absolute Gasteiger partial charge is 0.332 e. The van der Waals surface area contributed by atoms with Crippen LogP contribution in [0.15, 0.2) is 41.8 Å². The van der Waals surface area contributed by atoms with Gasteiger partial charge in [0.15, 0.2) is 11.6 Å². The van der Waals surface area contributed by atoms with Crippen LogP contribution in [0.5, 0.6) is 0 Å². The van der Waals surface area contributed by atoms with Gasteiger partial charge in [-0.05, 0) is 56.4 Å². The number of hydrogen-bond acceptors (Lipinski definition) is 6. The number of aromatic nitrogens is 1. The van der Waals surface area contributed by atoms with Crippen LogP contribution in [0.2, 0.25) is 0 Å². The van der Waals surface area contributed by atoms with E-state index in [9.17, 15) is 4.79 Å². The van der Waals surface area contributed by atoms with Crippen LogP contribution in [-0.2, 0) is 21.6 Å². The van der Waals surface area contributed by atoms with Crippen LogP contribution < -0.4 is 17.0 Å². The van der Waals surface area contributed by atoms with Gasteiger partial charge in [-0.15, -0.1) is 22.7 Å². The van der Waals surface area contributed by atoms with E-state index in [1.54, 1.807) is 11.3 Å². The molecule has 3 aromatic rings. The van der Waals surface area contributed by atoms with Gasteiger partial charge in [0.25, 0.3) is 0 Å². The van der Waals surface area contributed by atoms with Crippen LogP contribution in [0.3, 0.4) is 0 Å². The van der Waals surface area contributed by atoms with Crippen LogP contribution >= 0.6 is 22.7 Å². The summed E-state index contributed by atoms with van der Waals surface area (Å²) in [6.07, 6.45) is 5.85. The first-order chi connectivity index (χ1) is 16.6. The number of fused-ring (bicyclic) bond motifs is 4. The number of quaternary nitrogens is 1. The molecular weight excluding hydrogens is 542 g/mol. The lowest BCUT2D eigenvalue weighted by atomic mass is 9.83. The molecular formula is C27H34BrN3O2S2. The Morgan fingerprint density at radius 2 is 1.91 bits per heavy atom. The number of para-hydroxylation sites is 1. The molecule has 0 N–H and O–H groups in total. The van der Waals surface area contributed by atoms with Crippen LogP contribution in [-0.4, -0.2) is 59.2 Å². The molecule has 1 unspecified atom stereocenters. The molecule has 2 bridgehead atoms. The topological polar surface area (TPSA) is 42.4 Å². The number of carbonyl (C=O) groups excluding carboxylic acids is 1. The molecule has 4 saturated heterocycles. The summed E-state index contributed by atoms with van der Waals surface area (Å²) in [6.45, 7) is 8.25. The van der Waals surface area contributed by atoms with Gasteiger partial charge in [-0.1, -0.05) is 24.6 Å². The molecule has 5 nitrogen and oxygen atoms in total. The summed E-state index contributed by atoms with van der Waals surface area (Å²) >= 11 is 3.50. The first-order valence-electron chi connectivity index (χ1n) is 12.8. The van der Waals surface area contributed by atoms with Crippen molar-refractivity contribution < 1.29 is 31.0 Å². The third-order valence-electron chi connectivity index (χ3n) is 8.50. The van der Waals surface area contributed by atoms with E-state index in [1.165, 1.54) is 29.2 Å². The summed E-state index contributed by atoms with van der Waals surface area (Å²) in [5, 5.41) is 3.29. The third-order valence-corrected chi connectivity index (χ3v) is 10.6. The van der Waals surface area contributed by atoms with Gasteiger partial charge in [0.2, 0.25) is 0 Å². The lowest BCUT2D eigenvalue weighted by Crippen LogP contribution is -3.00. The predicted molar refractivity (Wildman–Crippen MR) is 138 cm³/mol. The van der Waals surface area contributed by atoms with Crippen molar-refractivity contribution in [3.8, 4) is 0 Å². The van der Waals surface area contributed by atoms with E-state index in [2.05, 4.69) is 53.6 Å². The van der Waals surface area contributed by atoms with E-state index >= 15 is 0 Å². The number of esters is 1. The zero-order valence-electron chi connectivity index (χ0n) is 20.3. The summed E-state index contributed by atoms with van der Waals surface area (Å²) in [4.78, 5) is 22.3. The number of thiazole rings is 1. The van der Waals surface area contributed by atoms with E-state index in [1.807, 2.05) is 11.3 Å². The predicted octanol–water partition coefficient (Wildman–Crippen LogP) is 2.42. The second-order valence-corrected chi connectivity index (χ2v) is 12.6. The monoisotopic (exact) mass is 575 g/mol. The molecule has 0 amide bonds. The first-order valence-corrected chi connectivity index (χ1v) is 14.5. The highest BCUT2D eigenvalue weighted by atomic mass is 79.9. The minimum absolute atomic E-state index is 0. The lowest BCUT2D eigenvalue weighted by Gasteiger charge is -2.52. The van der Waals surface area contributed by atoms with E-state index < -0.39 is 5.54 Å². The Kier molecular flexibility index (Phi) is 7.39. The number of ether oxygens (including phenoxy) is 1. The first kappa shape index (κ1) is 25.3. The quantitative estimate of drug-likeness (QED) is 0.334. The summed E-state index contributed by atoms with van der Waals surface area (Å²) < 4.78 is 8.75. The SMILES string of the molecule is CC(C(=O)O[C@H]1C[N+]2(Cc3nc4ccccc4s3)CCC1CC2)(c1cccs1)N1CCCCC1.[Br-]. The summed E-state index contributed by atoms with van der Waals surface area (Å²) in [5.74, 6) is 0.446. The van der Waals surface area contributed by atoms with E-state index in [0.717, 1.165) is 66.7 Å². The Balaban J connectivity index is 0.00000253. The van der Waals surface area contributed by atoms with Crippen molar-refractivity contribution in [2.45, 2.75) is 57.2 Å². The molecule has 0 saturated carbocycles. The van der Waals surface area contributed by atoms with E-state index in [0.29, 0.717) is 5.92 Å². The third kappa shape index (κ3) is 4.73. The number of hydrogen-bond donors (Lipinski definition) is 0. The summed E-state index contributed by atoms with van der Waals surface area (Å²) in [6, 6.07) is 12.6. The normalized spacial score (nSPS) is 28.4. The van der Waals surface area contributed by atoms with Crippen LogP contribution in [0, 0.1) is 5.92 Å². The molecule has 4 fully saturated rings. The molecule has 0 spiro atoms. The number of likely N-dealkylation sites (tertiary alicyclic amines) is 1. The Labute approximate surface area is 226 Å². The van der Waals surface area contributed by atoms with Gasteiger partial charge in [0.1, 0.15) is 18.1 Å². The van der Waals surface area contributed by atoms with E-state index in [4.69, 9.17) is 9.72 Å². The summed E-state index contributed by atoms with van der Waals surface area (Å²) in [7, 11) is 0. The summed E-state index contributed by atoms with van der Waals surface area (Å²) in [5.41, 5.74) is 0.419. The number of halogens is 1. The largest absolute Gasteiger partial charge is 1.00 e. The Hall–Kier alpha value is -1.32. The molecule has 2 aromatic heterocycles. The van der Waals surface area contributed by atoms with Crippen molar-refractivity contribution in [3.05, 3.63) is 51.7 Å². The second-order valence-electron chi connectivity index (χ2n) is 10.6. The number of rotatable bonds is 6. The minimum Gasteiger partial charge on any atom is -1.00 e. The van der Waals surface area contributed by atoms with Crippen LogP contribution in [0.1, 0.15) is 48.9 Å². The highest BCUT2D eigenvalue weighted by Gasteiger charge is 2.51. The zero-order valence-corrected chi connectivity index (χ0v) is 23.5. The molecule has 35 heavy (non-hydrogen) atoms. The standard InChI is InChI=1S/C27H34N3O2S2.BrH/c1-27(24-10-7-17-33-24,29-13-5-2-6-14-29)26(31)32-22-18-30(15-11-20(22)12-16-30)19-25-28-21-8-3-4-9-23(21)34-25;/h3-4,7-10,17,20,22H,2,5-6,11-16,18-19H2,1H3;1H/q+1;/p-1/t20?,22-,27?,30?;/m0./s1. The van der Waals surface area contributed by atoms with Crippen molar-refractivity contribution in [2.75, 3.05) is 32.7 Å². The van der Waals surface area contributed by atoms with Crippen LogP contribution in [0.4, 0.5) is 0 Å². The fourth-order valence-corrected chi connectivity index (χ4v) is 8.39. The van der Waals surface area contributed by atoms with E-state index in [-0.39, 0.29) is 29.1 Å². The minimum atomic E-state index is -0.682. The van der Waals surface area contributed by atoms with Gasteiger partial charge in [-0.2, -0.15) is 0 Å². The highest BCUT2D eigenvalue weighted by Crippen LogP contribution is 2.41. The Morgan fingerprint density at radius 1 is 1.14 bits per heavy atom. The van der Waals surface area contributed by atoms with Gasteiger partial charge >= 0.3 is 5.97 Å². The van der Waals surface area contributed by atoms with Gasteiger partial charge in [0, 0.05) is 23.6 Å². The van der Waals surface area contributed by atoms with Crippen molar-refractivity contribution in [1.29, 1.82) is 0 Å². The number of piperidine rings is 4. The maximum atomic E-state index is 13.9. The molecule has 1 aromatic carbocycles. The Bertz CT molecular complexity index is 1120. The van der Waals surface area contributed by atoms with Gasteiger partial charge < -0.3 is 26.2 Å². The molecule has 4 aliphatic rings. The van der Waals surface area contributed by atoms with Crippen molar-refractivity contribution >= 4 is 38.9 Å². The van der Waals surface area contributed by atoms with Crippen LogP contribution in [0.25, 0.3) is 10.2 Å². The molecule has 0 radical (unpaired) electrons. The average Bonchev–Trinajstić information content (AvgIpc) is 3.54. The number of benzene rings is 1. The number of carbonyl (C=O) groups is 1. The molecule has 8 heteroatoms. The van der Waals surface area contributed by atoms with Gasteiger partial charge in [-0.25, -0.2) is 9.78 Å². The van der Waals surface area contributed by atoms with Gasteiger partial charge in [-0.3, -0.25) is 4.90 Å². The maximum absolute atomic E-state index is 13.9. The second kappa shape index (κ2) is 10.2. The molecule has 0 aliphatic carbocycles. The van der Waals surface area contributed by atoms with Crippen molar-refractivity contribution in [1.82, 2.24) is 9.88 Å². The number of nitrogens with zero attached hydrogens (tertiary/aromatic N) is 3.